The minimum atomic E-state index is -0.612. The standard InChI is InChI=1S/C24H27N3O5/c1-30-16-12-13-18(20(14-16)31-2)26-24(29)27-22-21(25-15-8-4-3-5-9-15)17-10-6-7-11-19(17)32-23(22)28/h6-7,10-15,25H,3-5,8-9H2,1-2H3,(H2,26,27,29). The Morgan fingerprint density at radius 1 is 0.969 bits per heavy atom. The van der Waals surface area contributed by atoms with E-state index in [9.17, 15) is 9.59 Å². The number of carbonyl (C=O) groups is 1. The fourth-order valence-electron chi connectivity index (χ4n) is 4.03. The zero-order valence-electron chi connectivity index (χ0n) is 18.2. The summed E-state index contributed by atoms with van der Waals surface area (Å²) >= 11 is 0. The molecule has 4 rings (SSSR count). The van der Waals surface area contributed by atoms with Gasteiger partial charge < -0.3 is 24.5 Å². The van der Waals surface area contributed by atoms with Crippen LogP contribution in [0.15, 0.2) is 51.7 Å². The number of para-hydroxylation sites is 1. The van der Waals surface area contributed by atoms with Crippen LogP contribution in [0.4, 0.5) is 21.9 Å². The highest BCUT2D eigenvalue weighted by Gasteiger charge is 2.21. The van der Waals surface area contributed by atoms with Crippen molar-refractivity contribution in [2.24, 2.45) is 0 Å². The van der Waals surface area contributed by atoms with Crippen LogP contribution in [0, 0.1) is 0 Å². The minimum Gasteiger partial charge on any atom is -0.497 e. The Morgan fingerprint density at radius 3 is 2.50 bits per heavy atom. The van der Waals surface area contributed by atoms with Crippen molar-refractivity contribution in [2.45, 2.75) is 38.1 Å². The van der Waals surface area contributed by atoms with Crippen LogP contribution in [-0.2, 0) is 0 Å². The number of amides is 2. The monoisotopic (exact) mass is 437 g/mol. The fourth-order valence-corrected chi connectivity index (χ4v) is 4.03. The van der Waals surface area contributed by atoms with E-state index in [1.165, 1.54) is 13.5 Å². The van der Waals surface area contributed by atoms with Crippen molar-refractivity contribution in [1.29, 1.82) is 0 Å². The molecule has 0 atom stereocenters. The molecule has 8 heteroatoms. The molecule has 168 valence electrons. The number of fused-ring (bicyclic) bond motifs is 1. The number of ether oxygens (including phenoxy) is 2. The third kappa shape index (κ3) is 4.64. The van der Waals surface area contributed by atoms with Crippen molar-refractivity contribution in [3.63, 3.8) is 0 Å². The van der Waals surface area contributed by atoms with Gasteiger partial charge in [0.25, 0.3) is 0 Å². The first-order chi connectivity index (χ1) is 15.6. The largest absolute Gasteiger partial charge is 0.497 e. The highest BCUT2D eigenvalue weighted by Crippen LogP contribution is 2.33. The first kappa shape index (κ1) is 21.5. The number of urea groups is 1. The van der Waals surface area contributed by atoms with Gasteiger partial charge in [0, 0.05) is 17.5 Å². The van der Waals surface area contributed by atoms with Gasteiger partial charge in [0.15, 0.2) is 5.69 Å². The van der Waals surface area contributed by atoms with E-state index in [1.54, 1.807) is 31.4 Å². The molecule has 8 nitrogen and oxygen atoms in total. The number of hydrogen-bond acceptors (Lipinski definition) is 6. The van der Waals surface area contributed by atoms with E-state index in [4.69, 9.17) is 13.9 Å². The summed E-state index contributed by atoms with van der Waals surface area (Å²) in [6.07, 6.45) is 5.52. The summed E-state index contributed by atoms with van der Waals surface area (Å²) in [5.74, 6) is 1.03. The molecule has 0 aliphatic heterocycles. The second kappa shape index (κ2) is 9.64. The molecule has 1 aliphatic rings. The lowest BCUT2D eigenvalue weighted by atomic mass is 9.95. The number of benzene rings is 2. The quantitative estimate of drug-likeness (QED) is 0.458. The molecule has 0 saturated heterocycles. The maximum Gasteiger partial charge on any atom is 0.362 e. The number of anilines is 3. The molecule has 0 spiro atoms. The summed E-state index contributed by atoms with van der Waals surface area (Å²) in [4.78, 5) is 25.6. The number of rotatable bonds is 6. The Morgan fingerprint density at radius 2 is 1.75 bits per heavy atom. The summed E-state index contributed by atoms with van der Waals surface area (Å²) in [5, 5.41) is 9.65. The lowest BCUT2D eigenvalue weighted by molar-refractivity contribution is 0.262. The van der Waals surface area contributed by atoms with Gasteiger partial charge in [-0.15, -0.1) is 0 Å². The third-order valence-electron chi connectivity index (χ3n) is 5.66. The van der Waals surface area contributed by atoms with Gasteiger partial charge in [-0.05, 0) is 37.1 Å². The Hall–Kier alpha value is -3.68. The van der Waals surface area contributed by atoms with Crippen LogP contribution >= 0.6 is 0 Å². The maximum atomic E-state index is 12.8. The lowest BCUT2D eigenvalue weighted by Gasteiger charge is -2.25. The van der Waals surface area contributed by atoms with Gasteiger partial charge in [-0.1, -0.05) is 31.4 Å². The Balaban J connectivity index is 1.64. The smallest absolute Gasteiger partial charge is 0.362 e. The summed E-state index contributed by atoms with van der Waals surface area (Å²) in [5.41, 5.74) is 0.968. The van der Waals surface area contributed by atoms with Crippen LogP contribution in [0.1, 0.15) is 32.1 Å². The maximum absolute atomic E-state index is 12.8. The number of carbonyl (C=O) groups excluding carboxylic acids is 1. The number of hydrogen-bond donors (Lipinski definition) is 3. The predicted molar refractivity (Wildman–Crippen MR) is 125 cm³/mol. The first-order valence-corrected chi connectivity index (χ1v) is 10.7. The van der Waals surface area contributed by atoms with Gasteiger partial charge in [-0.25, -0.2) is 9.59 Å². The molecule has 1 aliphatic carbocycles. The third-order valence-corrected chi connectivity index (χ3v) is 5.66. The molecule has 3 N–H and O–H groups in total. The van der Waals surface area contributed by atoms with Crippen molar-refractivity contribution >= 4 is 34.1 Å². The first-order valence-electron chi connectivity index (χ1n) is 10.7. The van der Waals surface area contributed by atoms with E-state index in [0.717, 1.165) is 31.1 Å². The Labute approximate surface area is 185 Å². The average Bonchev–Trinajstić information content (AvgIpc) is 2.82. The van der Waals surface area contributed by atoms with Crippen LogP contribution < -0.4 is 31.0 Å². The molecule has 1 fully saturated rings. The highest BCUT2D eigenvalue weighted by atomic mass is 16.5. The zero-order valence-corrected chi connectivity index (χ0v) is 18.2. The molecule has 3 aromatic rings. The molecular formula is C24H27N3O5. The Bertz CT molecular complexity index is 1170. The topological polar surface area (TPSA) is 102 Å². The van der Waals surface area contributed by atoms with Crippen molar-refractivity contribution in [1.82, 2.24) is 0 Å². The van der Waals surface area contributed by atoms with E-state index < -0.39 is 11.7 Å². The lowest BCUT2D eigenvalue weighted by Crippen LogP contribution is -2.28. The molecular weight excluding hydrogens is 410 g/mol. The number of methoxy groups -OCH3 is 2. The van der Waals surface area contributed by atoms with E-state index in [-0.39, 0.29) is 11.7 Å². The summed E-state index contributed by atoms with van der Waals surface area (Å²) < 4.78 is 16.0. The Kier molecular flexibility index (Phi) is 6.49. The normalized spacial score (nSPS) is 14.1. The second-order valence-electron chi connectivity index (χ2n) is 7.76. The molecule has 1 saturated carbocycles. The van der Waals surface area contributed by atoms with Crippen molar-refractivity contribution < 1.29 is 18.7 Å². The van der Waals surface area contributed by atoms with Gasteiger partial charge in [-0.2, -0.15) is 0 Å². The molecule has 0 bridgehead atoms. The van der Waals surface area contributed by atoms with Crippen LogP contribution in [0.3, 0.4) is 0 Å². The molecule has 0 unspecified atom stereocenters. The van der Waals surface area contributed by atoms with Crippen LogP contribution in [0.25, 0.3) is 11.0 Å². The van der Waals surface area contributed by atoms with E-state index in [0.29, 0.717) is 28.5 Å². The average molecular weight is 437 g/mol. The molecule has 1 aromatic heterocycles. The SMILES string of the molecule is COc1ccc(NC(=O)Nc2c(NC3CCCCC3)c3ccccc3oc2=O)c(OC)c1. The fraction of sp³-hybridized carbons (Fsp3) is 0.333. The van der Waals surface area contributed by atoms with Crippen molar-refractivity contribution in [3.05, 3.63) is 52.9 Å². The van der Waals surface area contributed by atoms with Crippen molar-refractivity contribution in [2.75, 3.05) is 30.2 Å². The highest BCUT2D eigenvalue weighted by molar-refractivity contribution is 6.06. The summed E-state index contributed by atoms with van der Waals surface area (Å²) in [6.45, 7) is 0. The minimum absolute atomic E-state index is 0.0826. The van der Waals surface area contributed by atoms with Gasteiger partial charge in [0.05, 0.1) is 25.6 Å². The van der Waals surface area contributed by atoms with E-state index >= 15 is 0 Å². The molecule has 0 radical (unpaired) electrons. The zero-order chi connectivity index (χ0) is 22.5. The second-order valence-corrected chi connectivity index (χ2v) is 7.76. The van der Waals surface area contributed by atoms with Gasteiger partial charge in [0.2, 0.25) is 0 Å². The summed E-state index contributed by atoms with van der Waals surface area (Å²) in [6, 6.07) is 12.0. The van der Waals surface area contributed by atoms with Gasteiger partial charge in [0.1, 0.15) is 17.1 Å². The van der Waals surface area contributed by atoms with Gasteiger partial charge in [-0.3, -0.25) is 5.32 Å². The molecule has 2 amide bonds. The van der Waals surface area contributed by atoms with E-state index in [1.807, 2.05) is 18.2 Å². The number of nitrogens with one attached hydrogen (secondary N) is 3. The van der Waals surface area contributed by atoms with Crippen LogP contribution in [-0.4, -0.2) is 26.3 Å². The molecule has 32 heavy (non-hydrogen) atoms. The summed E-state index contributed by atoms with van der Waals surface area (Å²) in [7, 11) is 3.05. The van der Waals surface area contributed by atoms with Crippen LogP contribution in [0.2, 0.25) is 0 Å². The molecule has 2 aromatic carbocycles. The predicted octanol–water partition coefficient (Wildman–Crippen LogP) is 5.20. The van der Waals surface area contributed by atoms with Gasteiger partial charge >= 0.3 is 11.7 Å². The van der Waals surface area contributed by atoms with Crippen molar-refractivity contribution in [3.8, 4) is 11.5 Å². The van der Waals surface area contributed by atoms with E-state index in [2.05, 4.69) is 16.0 Å². The molecule has 1 heterocycles. The van der Waals surface area contributed by atoms with Crippen LogP contribution in [0.5, 0.6) is 11.5 Å².